The van der Waals surface area contributed by atoms with Gasteiger partial charge in [-0.2, -0.15) is 0 Å². The van der Waals surface area contributed by atoms with Crippen molar-refractivity contribution in [2.24, 2.45) is 0 Å². The van der Waals surface area contributed by atoms with E-state index in [1.807, 2.05) is 26.8 Å². The molecule has 0 aliphatic heterocycles. The smallest absolute Gasteiger partial charge is 0.354 e. The number of carboxylic acids is 1. The van der Waals surface area contributed by atoms with Gasteiger partial charge in [0, 0.05) is 0 Å². The van der Waals surface area contributed by atoms with Gasteiger partial charge in [0.1, 0.15) is 18.1 Å². The highest BCUT2D eigenvalue weighted by Crippen LogP contribution is 2.26. The Hall–Kier alpha value is -2.36. The summed E-state index contributed by atoms with van der Waals surface area (Å²) < 4.78 is 5.81. The molecule has 20 heavy (non-hydrogen) atoms. The van der Waals surface area contributed by atoms with Crippen molar-refractivity contribution in [1.82, 2.24) is 4.98 Å². The van der Waals surface area contributed by atoms with Crippen LogP contribution in [0.5, 0.6) is 5.75 Å². The molecule has 2 rings (SSSR count). The maximum Gasteiger partial charge on any atom is 0.354 e. The van der Waals surface area contributed by atoms with Crippen molar-refractivity contribution in [2.45, 2.75) is 27.4 Å². The molecule has 104 valence electrons. The van der Waals surface area contributed by atoms with Crippen molar-refractivity contribution in [3.05, 3.63) is 58.4 Å². The lowest BCUT2D eigenvalue weighted by atomic mass is 10.1. The molecular formula is C16H17NO3. The van der Waals surface area contributed by atoms with Gasteiger partial charge in [-0.05, 0) is 49.6 Å². The van der Waals surface area contributed by atoms with Gasteiger partial charge in [0.05, 0.1) is 5.69 Å². The van der Waals surface area contributed by atoms with Crippen molar-refractivity contribution in [3.8, 4) is 5.75 Å². The van der Waals surface area contributed by atoms with Crippen LogP contribution < -0.4 is 4.74 Å². The van der Waals surface area contributed by atoms with Gasteiger partial charge in [-0.1, -0.05) is 18.2 Å². The van der Waals surface area contributed by atoms with Crippen LogP contribution in [0.1, 0.15) is 32.9 Å². The van der Waals surface area contributed by atoms with Gasteiger partial charge >= 0.3 is 5.97 Å². The Kier molecular flexibility index (Phi) is 4.03. The van der Waals surface area contributed by atoms with Crippen molar-refractivity contribution < 1.29 is 14.6 Å². The fraction of sp³-hybridized carbons (Fsp3) is 0.250. The van der Waals surface area contributed by atoms with E-state index in [0.29, 0.717) is 5.69 Å². The van der Waals surface area contributed by atoms with Crippen LogP contribution >= 0.6 is 0 Å². The summed E-state index contributed by atoms with van der Waals surface area (Å²) in [7, 11) is 0. The van der Waals surface area contributed by atoms with Crippen LogP contribution in [0.15, 0.2) is 30.3 Å². The lowest BCUT2D eigenvalue weighted by Gasteiger charge is -2.13. The van der Waals surface area contributed by atoms with Gasteiger partial charge in [-0.3, -0.25) is 0 Å². The largest absolute Gasteiger partial charge is 0.487 e. The molecule has 1 N–H and O–H groups in total. The summed E-state index contributed by atoms with van der Waals surface area (Å²) in [5.41, 5.74) is 3.95. The van der Waals surface area contributed by atoms with E-state index in [4.69, 9.17) is 9.84 Å². The molecule has 4 nitrogen and oxygen atoms in total. The molecule has 4 heteroatoms. The highest BCUT2D eigenvalue weighted by Gasteiger charge is 2.09. The molecule has 0 radical (unpaired) electrons. The molecule has 0 saturated heterocycles. The molecule has 1 aromatic carbocycles. The number of aryl methyl sites for hydroxylation is 2. The molecule has 1 aromatic heterocycles. The zero-order valence-corrected chi connectivity index (χ0v) is 11.8. The van der Waals surface area contributed by atoms with Crippen LogP contribution in [-0.4, -0.2) is 16.1 Å². The second-order valence-electron chi connectivity index (χ2n) is 4.76. The van der Waals surface area contributed by atoms with E-state index in [9.17, 15) is 4.79 Å². The summed E-state index contributed by atoms with van der Waals surface area (Å²) in [6.45, 7) is 6.29. The fourth-order valence-electron chi connectivity index (χ4n) is 1.97. The molecule has 0 spiro atoms. The quantitative estimate of drug-likeness (QED) is 0.927. The summed E-state index contributed by atoms with van der Waals surface area (Å²) in [6, 6.07) is 8.96. The lowest BCUT2D eigenvalue weighted by Crippen LogP contribution is -2.06. The number of aromatic nitrogens is 1. The highest BCUT2D eigenvalue weighted by molar-refractivity contribution is 5.85. The maximum atomic E-state index is 10.9. The Morgan fingerprint density at radius 3 is 2.55 bits per heavy atom. The standard InChI is InChI=1S/C16H17NO3/c1-10-7-8-11(2)15(12(10)3)20-9-13-5-4-6-14(17-13)16(18)19/h4-8H,9H2,1-3H3,(H,18,19). The summed E-state index contributed by atoms with van der Waals surface area (Å²) >= 11 is 0. The number of ether oxygens (including phenoxy) is 1. The minimum Gasteiger partial charge on any atom is -0.487 e. The average molecular weight is 271 g/mol. The molecule has 1 heterocycles. The number of carbonyl (C=O) groups is 1. The number of benzene rings is 1. The van der Waals surface area contributed by atoms with Crippen LogP contribution in [0.4, 0.5) is 0 Å². The van der Waals surface area contributed by atoms with Crippen LogP contribution in [0.25, 0.3) is 0 Å². The van der Waals surface area contributed by atoms with Crippen LogP contribution in [0, 0.1) is 20.8 Å². The maximum absolute atomic E-state index is 10.9. The molecule has 0 unspecified atom stereocenters. The third kappa shape index (κ3) is 2.96. The summed E-state index contributed by atoms with van der Waals surface area (Å²) in [5.74, 6) is -0.192. The minimum atomic E-state index is -1.03. The first kappa shape index (κ1) is 14.1. The van der Waals surface area contributed by atoms with Crippen LogP contribution in [0.2, 0.25) is 0 Å². The van der Waals surface area contributed by atoms with Crippen LogP contribution in [-0.2, 0) is 6.61 Å². The summed E-state index contributed by atoms with van der Waals surface area (Å²) in [4.78, 5) is 14.9. The van der Waals surface area contributed by atoms with Crippen molar-refractivity contribution >= 4 is 5.97 Å². The predicted octanol–water partition coefficient (Wildman–Crippen LogP) is 3.28. The number of pyridine rings is 1. The zero-order valence-electron chi connectivity index (χ0n) is 11.8. The SMILES string of the molecule is Cc1ccc(C)c(OCc2cccc(C(=O)O)n2)c1C. The molecule has 0 atom stereocenters. The van der Waals surface area contributed by atoms with Crippen molar-refractivity contribution in [3.63, 3.8) is 0 Å². The molecule has 0 aliphatic rings. The second kappa shape index (κ2) is 5.74. The fourth-order valence-corrected chi connectivity index (χ4v) is 1.97. The molecule has 0 aliphatic carbocycles. The van der Waals surface area contributed by atoms with Gasteiger partial charge in [0.15, 0.2) is 0 Å². The van der Waals surface area contributed by atoms with E-state index < -0.39 is 5.97 Å². The topological polar surface area (TPSA) is 59.4 Å². The summed E-state index contributed by atoms with van der Waals surface area (Å²) in [5, 5.41) is 8.92. The molecule has 0 saturated carbocycles. The normalized spacial score (nSPS) is 10.3. The minimum absolute atomic E-state index is 0.0313. The monoisotopic (exact) mass is 271 g/mol. The third-order valence-corrected chi connectivity index (χ3v) is 3.26. The Morgan fingerprint density at radius 2 is 1.85 bits per heavy atom. The molecular weight excluding hydrogens is 254 g/mol. The number of aromatic carboxylic acids is 1. The third-order valence-electron chi connectivity index (χ3n) is 3.26. The predicted molar refractivity (Wildman–Crippen MR) is 76.2 cm³/mol. The zero-order chi connectivity index (χ0) is 14.7. The highest BCUT2D eigenvalue weighted by atomic mass is 16.5. The average Bonchev–Trinajstić information content (AvgIpc) is 2.43. The van der Waals surface area contributed by atoms with Crippen molar-refractivity contribution in [2.75, 3.05) is 0 Å². The first-order valence-electron chi connectivity index (χ1n) is 6.38. The number of nitrogens with zero attached hydrogens (tertiary/aromatic N) is 1. The van der Waals surface area contributed by atoms with E-state index in [2.05, 4.69) is 11.1 Å². The molecule has 0 fully saturated rings. The van der Waals surface area contributed by atoms with Gasteiger partial charge in [0.2, 0.25) is 0 Å². The van der Waals surface area contributed by atoms with E-state index in [1.165, 1.54) is 6.07 Å². The van der Waals surface area contributed by atoms with Gasteiger partial charge in [-0.15, -0.1) is 0 Å². The summed E-state index contributed by atoms with van der Waals surface area (Å²) in [6.07, 6.45) is 0. The van der Waals surface area contributed by atoms with Crippen molar-refractivity contribution in [1.29, 1.82) is 0 Å². The molecule has 2 aromatic rings. The van der Waals surface area contributed by atoms with E-state index in [0.717, 1.165) is 22.4 Å². The number of hydrogen-bond acceptors (Lipinski definition) is 3. The first-order valence-corrected chi connectivity index (χ1v) is 6.38. The van der Waals surface area contributed by atoms with Gasteiger partial charge in [-0.25, -0.2) is 9.78 Å². The van der Waals surface area contributed by atoms with Gasteiger partial charge in [0.25, 0.3) is 0 Å². The Bertz CT molecular complexity index is 650. The lowest BCUT2D eigenvalue weighted by molar-refractivity contribution is 0.0690. The van der Waals surface area contributed by atoms with Gasteiger partial charge < -0.3 is 9.84 Å². The van der Waals surface area contributed by atoms with E-state index in [1.54, 1.807) is 12.1 Å². The second-order valence-corrected chi connectivity index (χ2v) is 4.76. The number of carboxylic acid groups (broad SMARTS) is 1. The Labute approximate surface area is 118 Å². The Morgan fingerprint density at radius 1 is 1.15 bits per heavy atom. The van der Waals surface area contributed by atoms with E-state index in [-0.39, 0.29) is 12.3 Å². The number of hydrogen-bond donors (Lipinski definition) is 1. The van der Waals surface area contributed by atoms with Crippen LogP contribution in [0.3, 0.4) is 0 Å². The Balaban J connectivity index is 2.19. The van der Waals surface area contributed by atoms with E-state index >= 15 is 0 Å². The number of rotatable bonds is 4. The molecule has 0 amide bonds. The first-order chi connectivity index (χ1) is 9.49. The molecule has 0 bridgehead atoms.